The third-order valence-electron chi connectivity index (χ3n) is 5.62. The molecule has 174 valence electrons. The molecule has 4 rings (SSSR count). The topological polar surface area (TPSA) is 198 Å². The highest BCUT2D eigenvalue weighted by molar-refractivity contribution is 5.88. The zero-order valence-electron chi connectivity index (χ0n) is 16.9. The summed E-state index contributed by atoms with van der Waals surface area (Å²) in [5, 5.41) is 69.2. The molecular formula is C22H20O11. The Morgan fingerprint density at radius 3 is 2.39 bits per heavy atom. The van der Waals surface area contributed by atoms with E-state index < -0.39 is 47.1 Å². The SMILES string of the molecule is O=C(O)[C@H]1CC(Oc2cc(-c3oc4cc(O)cc(O)c4c(=O)c3O)ccc2O)[C@H](O)C[C@@H]1O. The largest absolute Gasteiger partial charge is 0.508 e. The van der Waals surface area contributed by atoms with Crippen LogP contribution in [0.15, 0.2) is 39.5 Å². The molecule has 11 nitrogen and oxygen atoms in total. The second-order valence-electron chi connectivity index (χ2n) is 7.84. The van der Waals surface area contributed by atoms with Crippen molar-refractivity contribution in [3.8, 4) is 40.1 Å². The predicted molar refractivity (Wildman–Crippen MR) is 111 cm³/mol. The highest BCUT2D eigenvalue weighted by atomic mass is 16.5. The number of benzene rings is 2. The zero-order valence-corrected chi connectivity index (χ0v) is 16.9. The highest BCUT2D eigenvalue weighted by Gasteiger charge is 2.40. The number of carboxylic acid groups (broad SMARTS) is 1. The van der Waals surface area contributed by atoms with E-state index in [0.717, 1.165) is 12.1 Å². The maximum absolute atomic E-state index is 12.6. The number of phenols is 3. The molecule has 11 heteroatoms. The van der Waals surface area contributed by atoms with Gasteiger partial charge in [0.05, 0.1) is 18.1 Å². The summed E-state index contributed by atoms with van der Waals surface area (Å²) in [6.45, 7) is 0. The monoisotopic (exact) mass is 460 g/mol. The van der Waals surface area contributed by atoms with Crippen molar-refractivity contribution in [3.05, 3.63) is 40.6 Å². The fraction of sp³-hybridized carbons (Fsp3) is 0.273. The van der Waals surface area contributed by atoms with Crippen LogP contribution in [0.3, 0.4) is 0 Å². The van der Waals surface area contributed by atoms with Crippen LogP contribution in [0.2, 0.25) is 0 Å². The molecule has 1 fully saturated rings. The Balaban J connectivity index is 1.74. The number of aliphatic carboxylic acids is 1. The molecule has 0 radical (unpaired) electrons. The lowest BCUT2D eigenvalue weighted by Crippen LogP contribution is -2.47. The fourth-order valence-electron chi connectivity index (χ4n) is 3.90. The maximum Gasteiger partial charge on any atom is 0.309 e. The Hall–Kier alpha value is -3.96. The summed E-state index contributed by atoms with van der Waals surface area (Å²) in [4.78, 5) is 23.9. The van der Waals surface area contributed by atoms with E-state index in [1.54, 1.807) is 0 Å². The molecule has 0 bridgehead atoms. The Kier molecular flexibility index (Phi) is 5.52. The maximum atomic E-state index is 12.6. The van der Waals surface area contributed by atoms with E-state index in [1.807, 2.05) is 0 Å². The molecule has 0 amide bonds. The zero-order chi connectivity index (χ0) is 24.0. The molecule has 1 heterocycles. The molecule has 1 aliphatic rings. The Morgan fingerprint density at radius 1 is 0.970 bits per heavy atom. The van der Waals surface area contributed by atoms with Crippen LogP contribution in [-0.4, -0.2) is 60.0 Å². The average Bonchev–Trinajstić information content (AvgIpc) is 2.73. The normalized spacial score (nSPS) is 22.8. The minimum atomic E-state index is -1.26. The van der Waals surface area contributed by atoms with Gasteiger partial charge in [0.2, 0.25) is 11.2 Å². The number of aromatic hydroxyl groups is 4. The molecule has 7 N–H and O–H groups in total. The van der Waals surface area contributed by atoms with Gasteiger partial charge >= 0.3 is 5.97 Å². The molecule has 4 atom stereocenters. The summed E-state index contributed by atoms with van der Waals surface area (Å²) < 4.78 is 11.2. The van der Waals surface area contributed by atoms with Crippen molar-refractivity contribution in [3.63, 3.8) is 0 Å². The van der Waals surface area contributed by atoms with Crippen LogP contribution in [0, 0.1) is 5.92 Å². The van der Waals surface area contributed by atoms with E-state index in [2.05, 4.69) is 0 Å². The van der Waals surface area contributed by atoms with Crippen molar-refractivity contribution in [1.82, 2.24) is 0 Å². The number of rotatable bonds is 4. The summed E-state index contributed by atoms with van der Waals surface area (Å²) >= 11 is 0. The van der Waals surface area contributed by atoms with Gasteiger partial charge in [-0.25, -0.2) is 0 Å². The number of carbonyl (C=O) groups is 1. The summed E-state index contributed by atoms with van der Waals surface area (Å²) in [6.07, 6.45) is -4.00. The van der Waals surface area contributed by atoms with Gasteiger partial charge in [-0.2, -0.15) is 0 Å². The first-order valence-corrected chi connectivity index (χ1v) is 9.87. The van der Waals surface area contributed by atoms with E-state index in [9.17, 15) is 45.3 Å². The van der Waals surface area contributed by atoms with Gasteiger partial charge in [-0.15, -0.1) is 0 Å². The molecule has 0 spiro atoms. The summed E-state index contributed by atoms with van der Waals surface area (Å²) in [7, 11) is 0. The second kappa shape index (κ2) is 8.19. The smallest absolute Gasteiger partial charge is 0.309 e. The average molecular weight is 460 g/mol. The minimum Gasteiger partial charge on any atom is -0.508 e. The summed E-state index contributed by atoms with van der Waals surface area (Å²) in [5.74, 6) is -5.15. The summed E-state index contributed by atoms with van der Waals surface area (Å²) in [5.41, 5.74) is -1.09. The van der Waals surface area contributed by atoms with E-state index in [0.29, 0.717) is 0 Å². The van der Waals surface area contributed by atoms with Crippen molar-refractivity contribution in [2.75, 3.05) is 0 Å². The van der Waals surface area contributed by atoms with Gasteiger partial charge in [0.15, 0.2) is 17.3 Å². The molecule has 0 saturated heterocycles. The van der Waals surface area contributed by atoms with Crippen LogP contribution in [0.5, 0.6) is 28.7 Å². The first-order chi connectivity index (χ1) is 15.6. The van der Waals surface area contributed by atoms with Crippen molar-refractivity contribution in [2.45, 2.75) is 31.2 Å². The molecule has 33 heavy (non-hydrogen) atoms. The molecule has 1 saturated carbocycles. The van der Waals surface area contributed by atoms with Crippen molar-refractivity contribution < 1.29 is 49.7 Å². The summed E-state index contributed by atoms with van der Waals surface area (Å²) in [6, 6.07) is 5.67. The van der Waals surface area contributed by atoms with Gasteiger partial charge < -0.3 is 44.9 Å². The Morgan fingerprint density at radius 2 is 1.70 bits per heavy atom. The minimum absolute atomic E-state index is 0.0715. The number of carboxylic acids is 1. The van der Waals surface area contributed by atoms with Crippen LogP contribution in [0.4, 0.5) is 0 Å². The van der Waals surface area contributed by atoms with Gasteiger partial charge in [-0.1, -0.05) is 0 Å². The number of aliphatic hydroxyl groups excluding tert-OH is 2. The standard InChI is InChI=1S/C22H20O11/c23-9-4-14(27)18-17(5-9)33-21(20(29)19(18)28)8-1-2-11(24)15(3-8)32-16-6-10(22(30)31)12(25)7-13(16)26/h1-5,10,12-13,16,23-27,29H,6-7H2,(H,30,31)/t10-,12-,13+,16?/m0/s1. The first-order valence-electron chi connectivity index (χ1n) is 9.87. The van der Waals surface area contributed by atoms with E-state index in [4.69, 9.17) is 9.15 Å². The van der Waals surface area contributed by atoms with Crippen molar-refractivity contribution in [1.29, 1.82) is 0 Å². The van der Waals surface area contributed by atoms with Gasteiger partial charge in [0.25, 0.3) is 0 Å². The quantitative estimate of drug-likeness (QED) is 0.296. The lowest BCUT2D eigenvalue weighted by Gasteiger charge is -2.35. The van der Waals surface area contributed by atoms with Crippen molar-refractivity contribution >= 4 is 16.9 Å². The molecule has 3 aromatic rings. The third kappa shape index (κ3) is 3.99. The molecule has 1 aliphatic carbocycles. The molecule has 1 aromatic heterocycles. The van der Waals surface area contributed by atoms with Crippen LogP contribution < -0.4 is 10.2 Å². The highest BCUT2D eigenvalue weighted by Crippen LogP contribution is 2.39. The Labute approximate surface area is 185 Å². The number of ether oxygens (including phenoxy) is 1. The van der Waals surface area contributed by atoms with E-state index in [1.165, 1.54) is 18.2 Å². The lowest BCUT2D eigenvalue weighted by molar-refractivity contribution is -0.153. The fourth-order valence-corrected chi connectivity index (χ4v) is 3.90. The predicted octanol–water partition coefficient (Wildman–Crippen LogP) is 1.25. The van der Waals surface area contributed by atoms with Gasteiger partial charge in [-0.05, 0) is 18.2 Å². The number of fused-ring (bicyclic) bond motifs is 1. The molecular weight excluding hydrogens is 440 g/mol. The van der Waals surface area contributed by atoms with Crippen LogP contribution in [0.25, 0.3) is 22.3 Å². The first kappa shape index (κ1) is 22.2. The Bertz CT molecular complexity index is 1300. The molecule has 1 unspecified atom stereocenters. The number of phenolic OH excluding ortho intramolecular Hbond substituents is 3. The van der Waals surface area contributed by atoms with Gasteiger partial charge in [-0.3, -0.25) is 9.59 Å². The van der Waals surface area contributed by atoms with E-state index in [-0.39, 0.29) is 52.4 Å². The third-order valence-corrected chi connectivity index (χ3v) is 5.62. The van der Waals surface area contributed by atoms with Gasteiger partial charge in [0.1, 0.15) is 28.6 Å². The molecule has 2 aromatic carbocycles. The van der Waals surface area contributed by atoms with E-state index >= 15 is 0 Å². The molecule has 0 aliphatic heterocycles. The number of hydrogen-bond acceptors (Lipinski definition) is 10. The van der Waals surface area contributed by atoms with Gasteiger partial charge in [0, 0.05) is 30.5 Å². The second-order valence-corrected chi connectivity index (χ2v) is 7.84. The number of aliphatic hydroxyl groups is 2. The van der Waals surface area contributed by atoms with Crippen LogP contribution in [-0.2, 0) is 4.79 Å². The van der Waals surface area contributed by atoms with Crippen LogP contribution >= 0.6 is 0 Å². The number of hydrogen-bond donors (Lipinski definition) is 7. The lowest BCUT2D eigenvalue weighted by atomic mass is 9.83. The van der Waals surface area contributed by atoms with Crippen LogP contribution in [0.1, 0.15) is 12.8 Å². The van der Waals surface area contributed by atoms with Crippen molar-refractivity contribution in [2.24, 2.45) is 5.92 Å².